The second-order valence-electron chi connectivity index (χ2n) is 7.71. The number of hydrogen-bond donors (Lipinski definition) is 1. The maximum Gasteiger partial charge on any atom is 0.340 e. The lowest BCUT2D eigenvalue weighted by molar-refractivity contribution is -0.833. The molecular weight excluding hydrogens is 1140 g/mol. The summed E-state index contributed by atoms with van der Waals surface area (Å²) in [7, 11) is 0. The van der Waals surface area contributed by atoms with Crippen LogP contribution in [0.5, 0.6) is 0 Å². The van der Waals surface area contributed by atoms with E-state index in [1.54, 1.807) is 0 Å². The van der Waals surface area contributed by atoms with E-state index in [9.17, 15) is 9.59 Å². The zero-order valence-electron chi connectivity index (χ0n) is 18.8. The van der Waals surface area contributed by atoms with Gasteiger partial charge in [0.25, 0.3) is 0 Å². The number of carbonyl (C=O) groups excluding carboxylic acids is 2. The Morgan fingerprint density at radius 1 is 0.750 bits per heavy atom. The first kappa shape index (κ1) is 31.5. The Kier molecular flexibility index (Phi) is 13.2. The fourth-order valence-electron chi connectivity index (χ4n) is 3.38. The number of halogens is 6. The molecule has 0 saturated heterocycles. The van der Waals surface area contributed by atoms with Gasteiger partial charge >= 0.3 is 11.9 Å². The number of carbonyl (C=O) groups is 2. The Morgan fingerprint density at radius 3 is 2.06 bits per heavy atom. The van der Waals surface area contributed by atoms with Crippen molar-refractivity contribution in [1.82, 2.24) is 0 Å². The lowest BCUT2D eigenvalue weighted by Gasteiger charge is -2.20. The Labute approximate surface area is 292 Å². The van der Waals surface area contributed by atoms with Gasteiger partial charge in [0.2, 0.25) is 0 Å². The fraction of sp³-hybridized carbons (Fsp3) is 0.200. The predicted molar refractivity (Wildman–Crippen MR) is 191 cm³/mol. The molecule has 11 heteroatoms. The van der Waals surface area contributed by atoms with Crippen molar-refractivity contribution in [1.29, 1.82) is 0 Å². The molecule has 0 aliphatic rings. The van der Waals surface area contributed by atoms with Gasteiger partial charge in [-0.3, -0.25) is 4.90 Å². The molecule has 3 aromatic carbocycles. The van der Waals surface area contributed by atoms with Crippen molar-refractivity contribution in [3.8, 4) is 0 Å². The smallest absolute Gasteiger partial charge is 0.340 e. The van der Waals surface area contributed by atoms with E-state index >= 15 is 0 Å². The van der Waals surface area contributed by atoms with Gasteiger partial charge in [0.15, 0.2) is 0 Å². The molecule has 0 bridgehead atoms. The van der Waals surface area contributed by atoms with Crippen molar-refractivity contribution in [3.05, 3.63) is 86.6 Å². The number of hydrogen-bond acceptors (Lipinski definition) is 4. The first-order valence-corrected chi connectivity index (χ1v) is 17.1. The standard InChI is InChI=1S/C25H19I6NO4/c1-14-3-2-4-16(11-14)32(7-9-35-24(33)17-12-15(26)13-20(29)22(17)30)8-10-36-25(34)21-18(27)5-6-19(28)23(21)31/h2-6,11-13H,7-10H2,1H3/p+1. The molecule has 0 aromatic heterocycles. The van der Waals surface area contributed by atoms with Crippen LogP contribution in [0, 0.1) is 28.3 Å². The molecule has 0 aliphatic heterocycles. The van der Waals surface area contributed by atoms with Crippen molar-refractivity contribution in [3.63, 3.8) is 0 Å². The molecule has 3 rings (SSSR count). The van der Waals surface area contributed by atoms with Gasteiger partial charge < -0.3 is 9.47 Å². The number of aryl methyl sites for hydroxylation is 1. The summed E-state index contributed by atoms with van der Waals surface area (Å²) in [5, 5.41) is 0. The summed E-state index contributed by atoms with van der Waals surface area (Å²) in [6, 6.07) is 16.0. The molecule has 0 spiro atoms. The van der Waals surface area contributed by atoms with Crippen LogP contribution in [0.1, 0.15) is 26.3 Å². The molecule has 1 atom stereocenters. The molecule has 0 fully saturated rings. The van der Waals surface area contributed by atoms with Crippen LogP contribution in [0.25, 0.3) is 0 Å². The molecule has 1 unspecified atom stereocenters. The van der Waals surface area contributed by atoms with Crippen LogP contribution >= 0.6 is 136 Å². The van der Waals surface area contributed by atoms with Crippen molar-refractivity contribution >= 4 is 153 Å². The van der Waals surface area contributed by atoms with E-state index in [0.29, 0.717) is 24.2 Å². The van der Waals surface area contributed by atoms with E-state index in [2.05, 4.69) is 142 Å². The van der Waals surface area contributed by atoms with Crippen LogP contribution in [0.3, 0.4) is 0 Å². The number of benzene rings is 3. The third-order valence-corrected chi connectivity index (χ3v) is 12.8. The summed E-state index contributed by atoms with van der Waals surface area (Å²) in [5.74, 6) is -0.645. The number of nitrogens with one attached hydrogen (secondary N) is 1. The van der Waals surface area contributed by atoms with Gasteiger partial charge in [0.1, 0.15) is 32.0 Å². The summed E-state index contributed by atoms with van der Waals surface area (Å²) < 4.78 is 17.1. The van der Waals surface area contributed by atoms with Crippen LogP contribution in [0.2, 0.25) is 0 Å². The Hall–Kier alpha value is 0.940. The summed E-state index contributed by atoms with van der Waals surface area (Å²) in [6.07, 6.45) is 0. The lowest BCUT2D eigenvalue weighted by atomic mass is 10.2. The molecule has 0 amide bonds. The highest BCUT2D eigenvalue weighted by molar-refractivity contribution is 14.1. The quantitative estimate of drug-likeness (QED) is 0.145. The number of rotatable bonds is 9. The SMILES string of the molecule is Cc1cccc([NH+](CCOC(=O)c2cc(I)cc(I)c2I)CCOC(=O)c2c(I)ccc(I)c2I)c1. The van der Waals surface area contributed by atoms with E-state index < -0.39 is 0 Å². The molecule has 36 heavy (non-hydrogen) atoms. The van der Waals surface area contributed by atoms with Gasteiger partial charge in [-0.1, -0.05) is 12.1 Å². The maximum atomic E-state index is 12.8. The van der Waals surface area contributed by atoms with E-state index in [-0.39, 0.29) is 25.2 Å². The van der Waals surface area contributed by atoms with Crippen molar-refractivity contribution < 1.29 is 24.0 Å². The summed E-state index contributed by atoms with van der Waals surface area (Å²) >= 11 is 13.2. The third-order valence-electron chi connectivity index (χ3n) is 5.16. The minimum atomic E-state index is -0.325. The third kappa shape index (κ3) is 8.72. The zero-order valence-corrected chi connectivity index (χ0v) is 31.8. The van der Waals surface area contributed by atoms with Crippen LogP contribution in [0.4, 0.5) is 5.69 Å². The van der Waals surface area contributed by atoms with Gasteiger partial charge in [-0.05, 0) is 178 Å². The van der Waals surface area contributed by atoms with Crippen molar-refractivity contribution in [2.75, 3.05) is 26.3 Å². The van der Waals surface area contributed by atoms with Gasteiger partial charge in [0, 0.05) is 27.5 Å². The Balaban J connectivity index is 1.66. The summed E-state index contributed by atoms with van der Waals surface area (Å²) in [5.41, 5.74) is 3.40. The molecule has 0 aliphatic carbocycles. The summed E-state index contributed by atoms with van der Waals surface area (Å²) in [6.45, 7) is 3.66. The number of esters is 2. The monoisotopic (exact) mass is 1160 g/mol. The first-order chi connectivity index (χ1) is 17.1. The van der Waals surface area contributed by atoms with Gasteiger partial charge in [-0.15, -0.1) is 0 Å². The molecule has 0 heterocycles. The normalized spacial score (nSPS) is 11.8. The second kappa shape index (κ2) is 15.1. The highest BCUT2D eigenvalue weighted by Crippen LogP contribution is 2.25. The van der Waals surface area contributed by atoms with Crippen LogP contribution < -0.4 is 4.90 Å². The predicted octanol–water partition coefficient (Wildman–Crippen LogP) is 6.85. The van der Waals surface area contributed by atoms with E-state index in [0.717, 1.165) is 37.6 Å². The molecule has 5 nitrogen and oxygen atoms in total. The topological polar surface area (TPSA) is 57.0 Å². The summed E-state index contributed by atoms with van der Waals surface area (Å²) in [4.78, 5) is 26.7. The molecule has 3 aromatic rings. The van der Waals surface area contributed by atoms with Crippen LogP contribution in [-0.4, -0.2) is 38.2 Å². The zero-order chi connectivity index (χ0) is 26.4. The molecule has 0 radical (unpaired) electrons. The van der Waals surface area contributed by atoms with E-state index in [1.807, 2.05) is 49.4 Å². The lowest BCUT2D eigenvalue weighted by Crippen LogP contribution is -3.08. The molecule has 0 saturated carbocycles. The van der Waals surface area contributed by atoms with E-state index in [1.165, 1.54) is 0 Å². The van der Waals surface area contributed by atoms with Crippen LogP contribution in [-0.2, 0) is 9.47 Å². The minimum absolute atomic E-state index is 0.251. The Morgan fingerprint density at radius 2 is 1.39 bits per heavy atom. The largest absolute Gasteiger partial charge is 0.456 e. The second-order valence-corrected chi connectivity index (χ2v) is 14.6. The highest BCUT2D eigenvalue weighted by Gasteiger charge is 2.21. The first-order valence-electron chi connectivity index (χ1n) is 10.6. The molecule has 190 valence electrons. The van der Waals surface area contributed by atoms with Gasteiger partial charge in [-0.2, -0.15) is 0 Å². The highest BCUT2D eigenvalue weighted by atomic mass is 127. The van der Waals surface area contributed by atoms with Gasteiger partial charge in [0.05, 0.1) is 11.1 Å². The average molecular weight is 1160 g/mol. The minimum Gasteiger partial charge on any atom is -0.456 e. The maximum absolute atomic E-state index is 12.8. The molecular formula is C25H20I6NO4+. The van der Waals surface area contributed by atoms with Crippen molar-refractivity contribution in [2.45, 2.75) is 6.92 Å². The average Bonchev–Trinajstić information content (AvgIpc) is 2.82. The van der Waals surface area contributed by atoms with Crippen LogP contribution in [0.15, 0.2) is 48.5 Å². The number of quaternary nitrogens is 1. The van der Waals surface area contributed by atoms with E-state index in [4.69, 9.17) is 9.47 Å². The van der Waals surface area contributed by atoms with Crippen molar-refractivity contribution in [2.24, 2.45) is 0 Å². The fourth-order valence-corrected chi connectivity index (χ4v) is 8.08. The van der Waals surface area contributed by atoms with Gasteiger partial charge in [-0.25, -0.2) is 9.59 Å². The number of ether oxygens (including phenoxy) is 2. The molecule has 1 N–H and O–H groups in total. The Bertz CT molecular complexity index is 1280.